The van der Waals surface area contributed by atoms with Crippen molar-refractivity contribution in [3.05, 3.63) is 29.6 Å². The molecule has 0 spiro atoms. The molecule has 3 nitrogen and oxygen atoms in total. The minimum atomic E-state index is 0. The Kier molecular flexibility index (Phi) is 5.65. The molecule has 0 amide bonds. The van der Waals surface area contributed by atoms with E-state index in [1.54, 1.807) is 0 Å². The van der Waals surface area contributed by atoms with Crippen molar-refractivity contribution in [1.82, 2.24) is 15.3 Å². The van der Waals surface area contributed by atoms with Crippen LogP contribution < -0.4 is 5.32 Å². The molecular formula is C10H15Cl2N3. The van der Waals surface area contributed by atoms with E-state index in [1.807, 2.05) is 13.1 Å². The van der Waals surface area contributed by atoms with E-state index >= 15 is 0 Å². The molecule has 2 aromatic rings. The maximum atomic E-state index is 4.43. The van der Waals surface area contributed by atoms with Gasteiger partial charge < -0.3 is 10.3 Å². The minimum Gasteiger partial charge on any atom is -0.341 e. The summed E-state index contributed by atoms with van der Waals surface area (Å²) in [6.45, 7) is 2.87. The van der Waals surface area contributed by atoms with Crippen LogP contribution in [0.2, 0.25) is 0 Å². The van der Waals surface area contributed by atoms with Crippen molar-refractivity contribution >= 4 is 35.8 Å². The van der Waals surface area contributed by atoms with Gasteiger partial charge in [0, 0.05) is 0 Å². The number of aromatic nitrogens is 2. The molecule has 0 radical (unpaired) electrons. The number of nitrogens with zero attached hydrogens (tertiary/aromatic N) is 1. The molecule has 1 aromatic carbocycles. The fourth-order valence-electron chi connectivity index (χ4n) is 1.43. The SMILES string of the molecule is CNCc1nc2ccc(C)cc2[nH]1.Cl.Cl. The highest BCUT2D eigenvalue weighted by Crippen LogP contribution is 2.12. The Balaban J connectivity index is 0.000000980. The predicted octanol–water partition coefficient (Wildman–Crippen LogP) is 2.43. The van der Waals surface area contributed by atoms with Gasteiger partial charge in [0.05, 0.1) is 17.6 Å². The van der Waals surface area contributed by atoms with Crippen molar-refractivity contribution in [2.24, 2.45) is 0 Å². The quantitative estimate of drug-likeness (QED) is 0.856. The topological polar surface area (TPSA) is 40.7 Å². The Morgan fingerprint density at radius 3 is 2.73 bits per heavy atom. The molecule has 0 atom stereocenters. The fraction of sp³-hybridized carbons (Fsp3) is 0.300. The van der Waals surface area contributed by atoms with Gasteiger partial charge in [-0.2, -0.15) is 0 Å². The highest BCUT2D eigenvalue weighted by Gasteiger charge is 2.00. The van der Waals surface area contributed by atoms with Gasteiger partial charge in [0.1, 0.15) is 5.82 Å². The highest BCUT2D eigenvalue weighted by molar-refractivity contribution is 5.85. The molecule has 0 fully saturated rings. The lowest BCUT2D eigenvalue weighted by Gasteiger charge is -1.90. The van der Waals surface area contributed by atoms with Crippen molar-refractivity contribution in [2.75, 3.05) is 7.05 Å². The number of imidazole rings is 1. The monoisotopic (exact) mass is 247 g/mol. The predicted molar refractivity (Wildman–Crippen MR) is 68.1 cm³/mol. The summed E-state index contributed by atoms with van der Waals surface area (Å²) in [5, 5.41) is 3.07. The van der Waals surface area contributed by atoms with E-state index in [9.17, 15) is 0 Å². The van der Waals surface area contributed by atoms with Gasteiger partial charge in [0.25, 0.3) is 0 Å². The van der Waals surface area contributed by atoms with Gasteiger partial charge in [-0.05, 0) is 31.7 Å². The van der Waals surface area contributed by atoms with Crippen molar-refractivity contribution in [1.29, 1.82) is 0 Å². The Hall–Kier alpha value is -0.770. The summed E-state index contributed by atoms with van der Waals surface area (Å²) in [5.41, 5.74) is 3.41. The largest absolute Gasteiger partial charge is 0.341 e. The van der Waals surface area contributed by atoms with Crippen LogP contribution in [0.3, 0.4) is 0 Å². The van der Waals surface area contributed by atoms with Crippen LogP contribution in [-0.4, -0.2) is 17.0 Å². The Bertz CT molecular complexity index is 426. The van der Waals surface area contributed by atoms with E-state index < -0.39 is 0 Å². The summed E-state index contributed by atoms with van der Waals surface area (Å²) in [6, 6.07) is 6.23. The Labute approximate surface area is 101 Å². The molecule has 0 aliphatic heterocycles. The number of benzene rings is 1. The third kappa shape index (κ3) is 3.09. The minimum absolute atomic E-state index is 0. The van der Waals surface area contributed by atoms with Crippen molar-refractivity contribution in [3.8, 4) is 0 Å². The van der Waals surface area contributed by atoms with Gasteiger partial charge in [0.2, 0.25) is 0 Å². The lowest BCUT2D eigenvalue weighted by molar-refractivity contribution is 0.775. The number of nitrogens with one attached hydrogen (secondary N) is 2. The molecule has 0 unspecified atom stereocenters. The van der Waals surface area contributed by atoms with Gasteiger partial charge in [-0.1, -0.05) is 6.07 Å². The molecule has 84 valence electrons. The van der Waals surface area contributed by atoms with Crippen LogP contribution >= 0.6 is 24.8 Å². The number of hydrogen-bond acceptors (Lipinski definition) is 2. The molecule has 5 heteroatoms. The van der Waals surface area contributed by atoms with Crippen LogP contribution in [0.5, 0.6) is 0 Å². The summed E-state index contributed by atoms with van der Waals surface area (Å²) < 4.78 is 0. The Morgan fingerprint density at radius 2 is 2.07 bits per heavy atom. The summed E-state index contributed by atoms with van der Waals surface area (Å²) in [5.74, 6) is 0.989. The van der Waals surface area contributed by atoms with Crippen LogP contribution in [0.25, 0.3) is 11.0 Å². The summed E-state index contributed by atoms with van der Waals surface area (Å²) >= 11 is 0. The first-order valence-corrected chi connectivity index (χ1v) is 4.39. The van der Waals surface area contributed by atoms with E-state index in [0.717, 1.165) is 23.4 Å². The van der Waals surface area contributed by atoms with E-state index in [2.05, 4.69) is 34.3 Å². The molecule has 0 saturated heterocycles. The molecular weight excluding hydrogens is 233 g/mol. The second-order valence-electron chi connectivity index (χ2n) is 3.23. The normalized spacial score (nSPS) is 9.47. The van der Waals surface area contributed by atoms with Crippen molar-refractivity contribution in [3.63, 3.8) is 0 Å². The molecule has 2 rings (SSSR count). The smallest absolute Gasteiger partial charge is 0.121 e. The molecule has 15 heavy (non-hydrogen) atoms. The first kappa shape index (κ1) is 14.2. The number of fused-ring (bicyclic) bond motifs is 1. The van der Waals surface area contributed by atoms with Crippen LogP contribution in [-0.2, 0) is 6.54 Å². The number of aromatic amines is 1. The van der Waals surface area contributed by atoms with Crippen molar-refractivity contribution < 1.29 is 0 Å². The second-order valence-corrected chi connectivity index (χ2v) is 3.23. The first-order valence-electron chi connectivity index (χ1n) is 4.39. The van der Waals surface area contributed by atoms with E-state index in [-0.39, 0.29) is 24.8 Å². The number of aryl methyl sites for hydroxylation is 1. The summed E-state index contributed by atoms with van der Waals surface area (Å²) in [7, 11) is 1.92. The van der Waals surface area contributed by atoms with Crippen LogP contribution in [0, 0.1) is 6.92 Å². The van der Waals surface area contributed by atoms with E-state index in [1.165, 1.54) is 5.56 Å². The van der Waals surface area contributed by atoms with E-state index in [0.29, 0.717) is 0 Å². The zero-order valence-electron chi connectivity index (χ0n) is 8.70. The molecule has 0 aliphatic carbocycles. The highest BCUT2D eigenvalue weighted by atomic mass is 35.5. The maximum absolute atomic E-state index is 4.43. The number of rotatable bonds is 2. The van der Waals surface area contributed by atoms with E-state index in [4.69, 9.17) is 0 Å². The molecule has 2 N–H and O–H groups in total. The number of hydrogen-bond donors (Lipinski definition) is 2. The van der Waals surface area contributed by atoms with Gasteiger partial charge >= 0.3 is 0 Å². The van der Waals surface area contributed by atoms with Crippen LogP contribution in [0.4, 0.5) is 0 Å². The Morgan fingerprint density at radius 1 is 1.33 bits per heavy atom. The second kappa shape index (κ2) is 5.95. The third-order valence-electron chi connectivity index (χ3n) is 2.03. The zero-order valence-corrected chi connectivity index (χ0v) is 10.3. The zero-order chi connectivity index (χ0) is 9.26. The summed E-state index contributed by atoms with van der Waals surface area (Å²) in [4.78, 5) is 7.69. The van der Waals surface area contributed by atoms with Gasteiger partial charge in [0.15, 0.2) is 0 Å². The van der Waals surface area contributed by atoms with Crippen LogP contribution in [0.1, 0.15) is 11.4 Å². The average molecular weight is 248 g/mol. The van der Waals surface area contributed by atoms with Gasteiger partial charge in [-0.25, -0.2) is 4.98 Å². The molecule has 0 saturated carbocycles. The average Bonchev–Trinajstić information content (AvgIpc) is 2.46. The van der Waals surface area contributed by atoms with Gasteiger partial charge in [-0.15, -0.1) is 24.8 Å². The summed E-state index contributed by atoms with van der Waals surface area (Å²) in [6.07, 6.45) is 0. The standard InChI is InChI=1S/C10H13N3.2ClH/c1-7-3-4-8-9(5-7)13-10(12-8)6-11-2;;/h3-5,11H,6H2,1-2H3,(H,12,13);2*1H. The maximum Gasteiger partial charge on any atom is 0.121 e. The molecule has 0 aliphatic rings. The van der Waals surface area contributed by atoms with Gasteiger partial charge in [-0.3, -0.25) is 0 Å². The van der Waals surface area contributed by atoms with Crippen molar-refractivity contribution in [2.45, 2.75) is 13.5 Å². The van der Waals surface area contributed by atoms with Crippen LogP contribution in [0.15, 0.2) is 18.2 Å². The first-order chi connectivity index (χ1) is 6.29. The molecule has 1 aromatic heterocycles. The fourth-order valence-corrected chi connectivity index (χ4v) is 1.43. The molecule has 0 bridgehead atoms. The molecule has 1 heterocycles. The number of halogens is 2. The lowest BCUT2D eigenvalue weighted by atomic mass is 10.2. The number of H-pyrrole nitrogens is 1. The lowest BCUT2D eigenvalue weighted by Crippen LogP contribution is -2.06. The third-order valence-corrected chi connectivity index (χ3v) is 2.03.